The molecule has 2 fully saturated rings. The van der Waals surface area contributed by atoms with Crippen LogP contribution in [0.4, 0.5) is 0 Å². The molecule has 2 heterocycles. The van der Waals surface area contributed by atoms with Crippen LogP contribution in [0.25, 0.3) is 0 Å². The van der Waals surface area contributed by atoms with E-state index in [0.29, 0.717) is 0 Å². The third-order valence-electron chi connectivity index (χ3n) is 4.47. The monoisotopic (exact) mass is 278 g/mol. The average Bonchev–Trinajstić information content (AvgIpc) is 2.91. The Kier molecular flexibility index (Phi) is 4.42. The molecule has 0 N–H and O–H groups in total. The number of hydrogen-bond acceptors (Lipinski definition) is 2. The second kappa shape index (κ2) is 6.25. The van der Waals surface area contributed by atoms with E-state index in [-0.39, 0.29) is 0 Å². The van der Waals surface area contributed by atoms with Gasteiger partial charge in [0.2, 0.25) is 0 Å². The summed E-state index contributed by atoms with van der Waals surface area (Å²) < 4.78 is 0. The Labute approximate surface area is 121 Å². The summed E-state index contributed by atoms with van der Waals surface area (Å²) in [5, 5.41) is 0.830. The smallest absolute Gasteiger partial charge is 0.0406 e. The molecule has 0 bridgehead atoms. The van der Waals surface area contributed by atoms with Gasteiger partial charge in [-0.3, -0.25) is 9.80 Å². The molecule has 104 valence electrons. The molecule has 2 nitrogen and oxygen atoms in total. The SMILES string of the molecule is Clc1ccc(CN2CC[C@@H](N3CCCCC3)C2)cc1. The first-order valence-electron chi connectivity index (χ1n) is 7.52. The third-order valence-corrected chi connectivity index (χ3v) is 4.73. The Morgan fingerprint density at radius 2 is 1.74 bits per heavy atom. The number of likely N-dealkylation sites (tertiary alicyclic amines) is 2. The first-order chi connectivity index (χ1) is 9.31. The van der Waals surface area contributed by atoms with Crippen molar-refractivity contribution in [3.63, 3.8) is 0 Å². The average molecular weight is 279 g/mol. The highest BCUT2D eigenvalue weighted by Crippen LogP contribution is 2.22. The van der Waals surface area contributed by atoms with Crippen molar-refractivity contribution in [1.29, 1.82) is 0 Å². The van der Waals surface area contributed by atoms with E-state index in [1.807, 2.05) is 12.1 Å². The van der Waals surface area contributed by atoms with Crippen molar-refractivity contribution in [1.82, 2.24) is 9.80 Å². The van der Waals surface area contributed by atoms with Crippen LogP contribution in [0.15, 0.2) is 24.3 Å². The lowest BCUT2D eigenvalue weighted by atomic mass is 10.1. The summed E-state index contributed by atoms with van der Waals surface area (Å²) in [4.78, 5) is 5.30. The molecule has 2 aliphatic rings. The molecule has 0 aromatic heterocycles. The third kappa shape index (κ3) is 3.50. The molecule has 0 radical (unpaired) electrons. The van der Waals surface area contributed by atoms with E-state index in [2.05, 4.69) is 21.9 Å². The summed E-state index contributed by atoms with van der Waals surface area (Å²) >= 11 is 5.93. The zero-order chi connectivity index (χ0) is 13.1. The molecule has 19 heavy (non-hydrogen) atoms. The fourth-order valence-corrected chi connectivity index (χ4v) is 3.51. The van der Waals surface area contributed by atoms with Crippen LogP contribution in [-0.4, -0.2) is 42.0 Å². The van der Waals surface area contributed by atoms with Crippen molar-refractivity contribution in [2.75, 3.05) is 26.2 Å². The van der Waals surface area contributed by atoms with Gasteiger partial charge in [0, 0.05) is 30.7 Å². The fraction of sp³-hybridized carbons (Fsp3) is 0.625. The van der Waals surface area contributed by atoms with Crippen LogP contribution in [0.3, 0.4) is 0 Å². The summed E-state index contributed by atoms with van der Waals surface area (Å²) in [6.45, 7) is 6.19. The van der Waals surface area contributed by atoms with Gasteiger partial charge in [-0.25, -0.2) is 0 Å². The van der Waals surface area contributed by atoms with Gasteiger partial charge in [0.05, 0.1) is 0 Å². The molecular formula is C16H23ClN2. The number of piperidine rings is 1. The minimum Gasteiger partial charge on any atom is -0.299 e. The zero-order valence-corrected chi connectivity index (χ0v) is 12.3. The minimum absolute atomic E-state index is 0.799. The van der Waals surface area contributed by atoms with Crippen molar-refractivity contribution in [2.24, 2.45) is 0 Å². The van der Waals surface area contributed by atoms with Gasteiger partial charge in [-0.15, -0.1) is 0 Å². The van der Waals surface area contributed by atoms with Gasteiger partial charge in [-0.1, -0.05) is 30.2 Å². The van der Waals surface area contributed by atoms with Gasteiger partial charge >= 0.3 is 0 Å². The number of halogens is 1. The highest BCUT2D eigenvalue weighted by atomic mass is 35.5. The Bertz CT molecular complexity index is 398. The number of nitrogens with zero attached hydrogens (tertiary/aromatic N) is 2. The molecule has 2 saturated heterocycles. The van der Waals surface area contributed by atoms with Crippen LogP contribution in [0.1, 0.15) is 31.2 Å². The Balaban J connectivity index is 1.52. The second-order valence-corrected chi connectivity index (χ2v) is 6.34. The molecule has 0 unspecified atom stereocenters. The van der Waals surface area contributed by atoms with Gasteiger partial charge < -0.3 is 0 Å². The number of hydrogen-bond donors (Lipinski definition) is 0. The van der Waals surface area contributed by atoms with Gasteiger partial charge in [0.25, 0.3) is 0 Å². The largest absolute Gasteiger partial charge is 0.299 e. The predicted octanol–water partition coefficient (Wildman–Crippen LogP) is 3.40. The molecule has 0 amide bonds. The molecule has 0 saturated carbocycles. The molecule has 1 aromatic rings. The van der Waals surface area contributed by atoms with E-state index in [1.165, 1.54) is 57.4 Å². The molecule has 3 heteroatoms. The topological polar surface area (TPSA) is 6.48 Å². The van der Waals surface area contributed by atoms with Crippen LogP contribution >= 0.6 is 11.6 Å². The first kappa shape index (κ1) is 13.4. The lowest BCUT2D eigenvalue weighted by molar-refractivity contribution is 0.161. The molecule has 0 aliphatic carbocycles. The second-order valence-electron chi connectivity index (χ2n) is 5.90. The summed E-state index contributed by atoms with van der Waals surface area (Å²) in [6.07, 6.45) is 5.56. The fourth-order valence-electron chi connectivity index (χ4n) is 3.39. The van der Waals surface area contributed by atoms with Gasteiger partial charge in [-0.2, -0.15) is 0 Å². The number of benzene rings is 1. The number of rotatable bonds is 3. The zero-order valence-electron chi connectivity index (χ0n) is 11.5. The highest BCUT2D eigenvalue weighted by molar-refractivity contribution is 6.30. The Morgan fingerprint density at radius 3 is 2.47 bits per heavy atom. The highest BCUT2D eigenvalue weighted by Gasteiger charge is 2.28. The maximum Gasteiger partial charge on any atom is 0.0406 e. The van der Waals surface area contributed by atoms with Gasteiger partial charge in [-0.05, 0) is 50.0 Å². The normalized spacial score (nSPS) is 25.8. The standard InChI is InChI=1S/C16H23ClN2/c17-15-6-4-14(5-7-15)12-18-11-8-16(13-18)19-9-2-1-3-10-19/h4-7,16H,1-3,8-13H2/t16-/m1/s1. The predicted molar refractivity (Wildman–Crippen MR) is 80.6 cm³/mol. The van der Waals surface area contributed by atoms with Crippen LogP contribution in [-0.2, 0) is 6.54 Å². The maximum atomic E-state index is 5.93. The van der Waals surface area contributed by atoms with Crippen LogP contribution < -0.4 is 0 Å². The van der Waals surface area contributed by atoms with Crippen molar-refractivity contribution in [2.45, 2.75) is 38.3 Å². The van der Waals surface area contributed by atoms with E-state index in [9.17, 15) is 0 Å². The summed E-state index contributed by atoms with van der Waals surface area (Å²) in [5.41, 5.74) is 1.38. The van der Waals surface area contributed by atoms with Crippen molar-refractivity contribution in [3.8, 4) is 0 Å². The summed E-state index contributed by atoms with van der Waals surface area (Å²) in [5.74, 6) is 0. The van der Waals surface area contributed by atoms with Crippen molar-refractivity contribution < 1.29 is 0 Å². The van der Waals surface area contributed by atoms with Crippen molar-refractivity contribution in [3.05, 3.63) is 34.9 Å². The minimum atomic E-state index is 0.799. The van der Waals surface area contributed by atoms with E-state index in [4.69, 9.17) is 11.6 Å². The van der Waals surface area contributed by atoms with E-state index >= 15 is 0 Å². The summed E-state index contributed by atoms with van der Waals surface area (Å²) in [6, 6.07) is 9.09. The molecule has 3 rings (SSSR count). The quantitative estimate of drug-likeness (QED) is 0.836. The van der Waals surface area contributed by atoms with Gasteiger partial charge in [0.15, 0.2) is 0 Å². The molecule has 1 atom stereocenters. The van der Waals surface area contributed by atoms with E-state index in [1.54, 1.807) is 0 Å². The molecule has 2 aliphatic heterocycles. The van der Waals surface area contributed by atoms with Gasteiger partial charge in [0.1, 0.15) is 0 Å². The Morgan fingerprint density at radius 1 is 1.00 bits per heavy atom. The van der Waals surface area contributed by atoms with Crippen LogP contribution in [0.5, 0.6) is 0 Å². The van der Waals surface area contributed by atoms with Crippen LogP contribution in [0, 0.1) is 0 Å². The Hall–Kier alpha value is -0.570. The van der Waals surface area contributed by atoms with E-state index < -0.39 is 0 Å². The first-order valence-corrected chi connectivity index (χ1v) is 7.90. The lowest BCUT2D eigenvalue weighted by Gasteiger charge is -2.32. The summed E-state index contributed by atoms with van der Waals surface area (Å²) in [7, 11) is 0. The molecule has 1 aromatic carbocycles. The molecular weight excluding hydrogens is 256 g/mol. The van der Waals surface area contributed by atoms with E-state index in [0.717, 1.165) is 17.6 Å². The molecule has 0 spiro atoms. The maximum absolute atomic E-state index is 5.93. The van der Waals surface area contributed by atoms with Crippen LogP contribution in [0.2, 0.25) is 5.02 Å². The lowest BCUT2D eigenvalue weighted by Crippen LogP contribution is -2.40. The van der Waals surface area contributed by atoms with Crippen molar-refractivity contribution >= 4 is 11.6 Å².